The van der Waals surface area contributed by atoms with Gasteiger partial charge in [-0.15, -0.1) is 0 Å². The molecule has 0 amide bonds. The summed E-state index contributed by atoms with van der Waals surface area (Å²) in [6.45, 7) is 4.70. The Morgan fingerprint density at radius 3 is 1.68 bits per heavy atom. The third-order valence-corrected chi connectivity index (χ3v) is 11.2. The molecule has 1 aliphatic rings. The van der Waals surface area contributed by atoms with Crippen LogP contribution in [0.1, 0.15) is 27.8 Å². The Balaban J connectivity index is 0.00000214. The molecule has 0 radical (unpaired) electrons. The number of anilines is 3. The Hall–Kier alpha value is -6.64. The van der Waals surface area contributed by atoms with Crippen molar-refractivity contribution in [3.05, 3.63) is 205 Å². The maximum atomic E-state index is 2.41. The van der Waals surface area contributed by atoms with Gasteiger partial charge >= 0.3 is 0 Å². The molecular weight excluding hydrogens is 641 g/mol. The SMILES string of the molecule is CC1(C)c2ccccc2-c2ccc(N(c3ccc(-c4ccccc4)cc3)c3ccc(-c4ccc5c(c4)c4ccccc4n5-c4ccccc4)cc3)cc21.[3H-].[3HH]. The summed E-state index contributed by atoms with van der Waals surface area (Å²) >= 11 is 0. The molecule has 0 aliphatic heterocycles. The molecule has 10 rings (SSSR count). The highest BCUT2D eigenvalue weighted by Crippen LogP contribution is 2.50. The second-order valence-electron chi connectivity index (χ2n) is 14.6. The molecule has 256 valence electrons. The Morgan fingerprint density at radius 1 is 0.415 bits per heavy atom. The van der Waals surface area contributed by atoms with Crippen LogP contribution in [0.15, 0.2) is 194 Å². The fourth-order valence-electron chi connectivity index (χ4n) is 8.52. The number of hydrogen-bond acceptors (Lipinski definition) is 1. The van der Waals surface area contributed by atoms with Crippen LogP contribution >= 0.6 is 0 Å². The minimum atomic E-state index is -0.0864. The van der Waals surface area contributed by atoms with E-state index in [1.165, 1.54) is 72.0 Å². The maximum Gasteiger partial charge on any atom is 0.0541 e. The van der Waals surface area contributed by atoms with Crippen LogP contribution in [0.2, 0.25) is 0 Å². The van der Waals surface area contributed by atoms with Crippen LogP contribution in [0.5, 0.6) is 0 Å². The van der Waals surface area contributed by atoms with Gasteiger partial charge in [0.2, 0.25) is 0 Å². The Bertz CT molecular complexity index is 2790. The van der Waals surface area contributed by atoms with Gasteiger partial charge in [-0.3, -0.25) is 0 Å². The zero-order chi connectivity index (χ0) is 35.5. The van der Waals surface area contributed by atoms with Gasteiger partial charge in [-0.25, -0.2) is 0 Å². The molecule has 8 aromatic carbocycles. The lowest BCUT2D eigenvalue weighted by atomic mass is 9.82. The van der Waals surface area contributed by atoms with Crippen molar-refractivity contribution < 1.29 is 2.85 Å². The van der Waals surface area contributed by atoms with E-state index in [0.29, 0.717) is 0 Å². The molecule has 1 heterocycles. The van der Waals surface area contributed by atoms with Gasteiger partial charge in [0.25, 0.3) is 0 Å². The second kappa shape index (κ2) is 12.3. The van der Waals surface area contributed by atoms with E-state index in [1.807, 2.05) is 0 Å². The number of nitrogens with zero attached hydrogens (tertiary/aromatic N) is 2. The van der Waals surface area contributed by atoms with Gasteiger partial charge in [-0.2, -0.15) is 0 Å². The normalized spacial score (nSPS) is 12.9. The summed E-state index contributed by atoms with van der Waals surface area (Å²) in [5, 5.41) is 2.52. The molecule has 1 aliphatic carbocycles. The number of para-hydroxylation sites is 2. The van der Waals surface area contributed by atoms with Gasteiger partial charge in [-0.05, 0) is 111 Å². The highest BCUT2D eigenvalue weighted by Gasteiger charge is 2.35. The fraction of sp³-hybridized carbons (Fsp3) is 0.0588. The number of aromatic nitrogens is 1. The van der Waals surface area contributed by atoms with Crippen LogP contribution in [-0.2, 0) is 5.41 Å². The first-order valence-electron chi connectivity index (χ1n) is 18.4. The summed E-state index contributed by atoms with van der Waals surface area (Å²) in [7, 11) is 0. The predicted molar refractivity (Wildman–Crippen MR) is 227 cm³/mol. The average molecular weight is 686 g/mol. The quantitative estimate of drug-likeness (QED) is 0.169. The van der Waals surface area contributed by atoms with Crippen LogP contribution in [0.4, 0.5) is 17.1 Å². The van der Waals surface area contributed by atoms with Gasteiger partial charge in [0, 0.05) is 40.4 Å². The molecule has 0 saturated carbocycles. The van der Waals surface area contributed by atoms with Crippen LogP contribution in [-0.4, -0.2) is 4.57 Å². The number of hydrogen-bond donors (Lipinski definition) is 0. The van der Waals surface area contributed by atoms with Gasteiger partial charge < -0.3 is 10.9 Å². The highest BCUT2D eigenvalue weighted by atomic mass is 15.1. The van der Waals surface area contributed by atoms with Crippen molar-refractivity contribution in [3.63, 3.8) is 0 Å². The molecule has 53 heavy (non-hydrogen) atoms. The van der Waals surface area contributed by atoms with Gasteiger partial charge in [-0.1, -0.05) is 141 Å². The van der Waals surface area contributed by atoms with Crippen molar-refractivity contribution >= 4 is 38.9 Å². The second-order valence-corrected chi connectivity index (χ2v) is 14.6. The zero-order valence-electron chi connectivity index (χ0n) is 30.9. The molecule has 2 heteroatoms. The van der Waals surface area contributed by atoms with Crippen LogP contribution < -0.4 is 4.90 Å². The van der Waals surface area contributed by atoms with Crippen LogP contribution in [0.25, 0.3) is 60.9 Å². The minimum absolute atomic E-state index is 0. The first kappa shape index (κ1) is 31.1. The van der Waals surface area contributed by atoms with Gasteiger partial charge in [0.15, 0.2) is 0 Å². The molecular formula is C51H41N2-. The molecule has 0 saturated heterocycles. The largest absolute Gasteiger partial charge is 1.00 e. The van der Waals surface area contributed by atoms with E-state index in [1.54, 1.807) is 0 Å². The van der Waals surface area contributed by atoms with E-state index in [4.69, 9.17) is 0 Å². The Kier molecular flexibility index (Phi) is 7.19. The lowest BCUT2D eigenvalue weighted by molar-refractivity contribution is 0.660. The van der Waals surface area contributed by atoms with Crippen molar-refractivity contribution in [1.29, 1.82) is 0 Å². The van der Waals surface area contributed by atoms with Crippen LogP contribution in [0, 0.1) is 0 Å². The molecule has 0 fully saturated rings. The smallest absolute Gasteiger partial charge is 0.0541 e. The number of fused-ring (bicyclic) bond motifs is 6. The minimum Gasteiger partial charge on any atom is -1.00 e. The summed E-state index contributed by atoms with van der Waals surface area (Å²) in [6, 6.07) is 70.8. The summed E-state index contributed by atoms with van der Waals surface area (Å²) in [5.74, 6) is 0. The predicted octanol–water partition coefficient (Wildman–Crippen LogP) is 14.3. The van der Waals surface area contributed by atoms with E-state index >= 15 is 0 Å². The number of benzene rings is 8. The standard InChI is InChI=1S/C51H38N2.H2.H/c1-51(2)47-19-11-9-17-43(47)44-31-30-42(34-48(44)51)52(40-26-21-36(22-27-40)35-13-5-3-6-14-35)41-28-23-37(24-29-41)38-25-32-50-46(33-38)45-18-10-12-20-49(45)53(50)39-15-7-4-8-16-39;;/h3-34H,1-2H3;1H;/q;;-1/i;2*1+2. The fourth-order valence-corrected chi connectivity index (χ4v) is 8.52. The van der Waals surface area contributed by atoms with E-state index in [0.717, 1.165) is 17.1 Å². The van der Waals surface area contributed by atoms with Gasteiger partial charge in [0.05, 0.1) is 11.0 Å². The van der Waals surface area contributed by atoms with E-state index in [2.05, 4.69) is 217 Å². The van der Waals surface area contributed by atoms with Crippen molar-refractivity contribution in [2.24, 2.45) is 0 Å². The summed E-state index contributed by atoms with van der Waals surface area (Å²) in [6.07, 6.45) is 0. The van der Waals surface area contributed by atoms with Gasteiger partial charge in [0.1, 0.15) is 0 Å². The average Bonchev–Trinajstić information content (AvgIpc) is 3.67. The lowest BCUT2D eigenvalue weighted by Crippen LogP contribution is -2.16. The first-order chi connectivity index (χ1) is 26.0. The highest BCUT2D eigenvalue weighted by molar-refractivity contribution is 6.10. The van der Waals surface area contributed by atoms with Crippen LogP contribution in [0.3, 0.4) is 0 Å². The molecule has 0 bridgehead atoms. The summed E-state index contributed by atoms with van der Waals surface area (Å²) in [4.78, 5) is 2.40. The van der Waals surface area contributed by atoms with E-state index in [-0.39, 0.29) is 8.27 Å². The molecule has 0 unspecified atom stereocenters. The third kappa shape index (κ3) is 5.10. The third-order valence-electron chi connectivity index (χ3n) is 11.2. The van der Waals surface area contributed by atoms with Crippen molar-refractivity contribution in [2.45, 2.75) is 19.3 Å². The van der Waals surface area contributed by atoms with Crippen molar-refractivity contribution in [2.75, 3.05) is 4.90 Å². The molecule has 1 aromatic heterocycles. The number of rotatable bonds is 6. The molecule has 0 N–H and O–H groups in total. The molecule has 2 nitrogen and oxygen atoms in total. The topological polar surface area (TPSA) is 8.17 Å². The summed E-state index contributed by atoms with van der Waals surface area (Å²) < 4.78 is 2.37. The molecule has 0 atom stereocenters. The van der Waals surface area contributed by atoms with Crippen molar-refractivity contribution in [3.8, 4) is 39.1 Å². The Morgan fingerprint density at radius 2 is 0.943 bits per heavy atom. The summed E-state index contributed by atoms with van der Waals surface area (Å²) in [5.41, 5.74) is 17.2. The first-order valence-corrected chi connectivity index (χ1v) is 18.4. The molecule has 9 aromatic rings. The lowest BCUT2D eigenvalue weighted by Gasteiger charge is -2.28. The monoisotopic (exact) mass is 685 g/mol. The maximum absolute atomic E-state index is 2.41. The zero-order valence-corrected chi connectivity index (χ0v) is 29.9. The molecule has 0 spiro atoms. The Labute approximate surface area is 313 Å². The van der Waals surface area contributed by atoms with E-state index < -0.39 is 0 Å². The van der Waals surface area contributed by atoms with Crippen molar-refractivity contribution in [1.82, 2.24) is 4.57 Å². The van der Waals surface area contributed by atoms with E-state index in [9.17, 15) is 0 Å².